The average molecular weight is 397 g/mol. The summed E-state index contributed by atoms with van der Waals surface area (Å²) in [5.41, 5.74) is 0.805. The molecule has 0 aliphatic rings. The SMILES string of the molecule is CN(C)CC[C@H](CCc1ccccc1)Nc1c(F)cc(S(N)(=O)=O)cc1F. The summed E-state index contributed by atoms with van der Waals surface area (Å²) in [6.45, 7) is 0.741. The van der Waals surface area contributed by atoms with E-state index in [1.54, 1.807) is 0 Å². The van der Waals surface area contributed by atoms with Crippen LogP contribution >= 0.6 is 0 Å². The molecule has 0 saturated carbocycles. The number of hydrogen-bond acceptors (Lipinski definition) is 4. The Bertz CT molecular complexity index is 836. The summed E-state index contributed by atoms with van der Waals surface area (Å²) in [5.74, 6) is -1.96. The molecule has 0 spiro atoms. The summed E-state index contributed by atoms with van der Waals surface area (Å²) in [6, 6.07) is 11.1. The molecule has 8 heteroatoms. The van der Waals surface area contributed by atoms with E-state index in [1.165, 1.54) is 0 Å². The van der Waals surface area contributed by atoms with Gasteiger partial charge >= 0.3 is 0 Å². The smallest absolute Gasteiger partial charge is 0.238 e. The number of sulfonamides is 1. The Morgan fingerprint density at radius 1 is 1.07 bits per heavy atom. The Kier molecular flexibility index (Phi) is 7.29. The fourth-order valence-corrected chi connectivity index (χ4v) is 3.28. The van der Waals surface area contributed by atoms with Crippen molar-refractivity contribution in [2.24, 2.45) is 5.14 Å². The second-order valence-electron chi connectivity index (χ2n) is 6.76. The average Bonchev–Trinajstić information content (AvgIpc) is 2.59. The fraction of sp³-hybridized carbons (Fsp3) is 0.368. The Morgan fingerprint density at radius 3 is 2.19 bits per heavy atom. The second-order valence-corrected chi connectivity index (χ2v) is 8.33. The third kappa shape index (κ3) is 6.57. The summed E-state index contributed by atoms with van der Waals surface area (Å²) in [6.07, 6.45) is 2.10. The zero-order valence-corrected chi connectivity index (χ0v) is 16.3. The van der Waals surface area contributed by atoms with Crippen LogP contribution in [0, 0.1) is 11.6 Å². The van der Waals surface area contributed by atoms with Crippen LogP contribution in [0.2, 0.25) is 0 Å². The van der Waals surface area contributed by atoms with Crippen LogP contribution in [-0.2, 0) is 16.4 Å². The van der Waals surface area contributed by atoms with Crippen molar-refractivity contribution < 1.29 is 17.2 Å². The number of primary sulfonamides is 1. The first-order chi connectivity index (χ1) is 12.7. The van der Waals surface area contributed by atoms with Gasteiger partial charge in [0, 0.05) is 6.04 Å². The molecule has 0 aliphatic carbocycles. The molecule has 3 N–H and O–H groups in total. The van der Waals surface area contributed by atoms with Crippen molar-refractivity contribution in [3.63, 3.8) is 0 Å². The number of hydrogen-bond donors (Lipinski definition) is 2. The predicted octanol–water partition coefficient (Wildman–Crippen LogP) is 2.98. The Balaban J connectivity index is 2.18. The Morgan fingerprint density at radius 2 is 1.67 bits per heavy atom. The quantitative estimate of drug-likeness (QED) is 0.682. The molecule has 2 aromatic carbocycles. The van der Waals surface area contributed by atoms with Gasteiger partial charge in [0.05, 0.1) is 4.90 Å². The molecule has 0 radical (unpaired) electrons. The molecular weight excluding hydrogens is 372 g/mol. The van der Waals surface area contributed by atoms with Crippen molar-refractivity contribution in [1.82, 2.24) is 4.90 Å². The first-order valence-electron chi connectivity index (χ1n) is 8.64. The van der Waals surface area contributed by atoms with E-state index in [0.717, 1.165) is 30.7 Å². The van der Waals surface area contributed by atoms with Gasteiger partial charge in [0.1, 0.15) is 5.69 Å². The molecule has 0 heterocycles. The van der Waals surface area contributed by atoms with Gasteiger partial charge in [-0.3, -0.25) is 0 Å². The minimum Gasteiger partial charge on any atom is -0.378 e. The van der Waals surface area contributed by atoms with E-state index in [0.29, 0.717) is 12.8 Å². The van der Waals surface area contributed by atoms with Gasteiger partial charge < -0.3 is 10.2 Å². The molecule has 2 rings (SSSR count). The molecule has 0 fully saturated rings. The fourth-order valence-electron chi connectivity index (χ4n) is 2.74. The summed E-state index contributed by atoms with van der Waals surface area (Å²) >= 11 is 0. The maximum absolute atomic E-state index is 14.3. The van der Waals surface area contributed by atoms with Gasteiger partial charge in [-0.05, 0) is 57.6 Å². The van der Waals surface area contributed by atoms with Crippen molar-refractivity contribution in [2.45, 2.75) is 30.2 Å². The number of anilines is 1. The van der Waals surface area contributed by atoms with Gasteiger partial charge in [-0.25, -0.2) is 22.3 Å². The molecule has 27 heavy (non-hydrogen) atoms. The Labute approximate surface area is 159 Å². The number of aryl methyl sites for hydroxylation is 1. The standard InChI is InChI=1S/C19H25F2N3O2S/c1-24(2)11-10-15(9-8-14-6-4-3-5-7-14)23-19-17(20)12-16(13-18(19)21)27(22,25)26/h3-7,12-13,15,23H,8-11H2,1-2H3,(H2,22,25,26)/t15-/m0/s1. The highest BCUT2D eigenvalue weighted by molar-refractivity contribution is 7.89. The summed E-state index contributed by atoms with van der Waals surface area (Å²) in [7, 11) is -0.321. The number of nitrogens with one attached hydrogen (secondary N) is 1. The molecule has 0 aliphatic heterocycles. The number of nitrogens with zero attached hydrogens (tertiary/aromatic N) is 1. The molecule has 2 aromatic rings. The van der Waals surface area contributed by atoms with E-state index in [4.69, 9.17) is 5.14 Å². The summed E-state index contributed by atoms with van der Waals surface area (Å²) in [4.78, 5) is 1.41. The first-order valence-corrected chi connectivity index (χ1v) is 10.2. The number of benzene rings is 2. The maximum Gasteiger partial charge on any atom is 0.238 e. The molecule has 0 unspecified atom stereocenters. The normalized spacial score (nSPS) is 13.0. The van der Waals surface area contributed by atoms with Gasteiger partial charge in [-0.2, -0.15) is 0 Å². The van der Waals surface area contributed by atoms with E-state index in [1.807, 2.05) is 49.3 Å². The summed E-state index contributed by atoms with van der Waals surface area (Å²) in [5, 5.41) is 7.86. The third-order valence-electron chi connectivity index (χ3n) is 4.24. The zero-order valence-electron chi connectivity index (χ0n) is 15.5. The van der Waals surface area contributed by atoms with Crippen LogP contribution in [0.3, 0.4) is 0 Å². The van der Waals surface area contributed by atoms with Gasteiger partial charge in [0.2, 0.25) is 10.0 Å². The van der Waals surface area contributed by atoms with Gasteiger partial charge in [0.15, 0.2) is 11.6 Å². The van der Waals surface area contributed by atoms with Gasteiger partial charge in [0.25, 0.3) is 0 Å². The molecular formula is C19H25F2N3O2S. The Hall–Kier alpha value is -2.03. The van der Waals surface area contributed by atoms with Crippen LogP contribution in [0.25, 0.3) is 0 Å². The van der Waals surface area contributed by atoms with Crippen molar-refractivity contribution in [2.75, 3.05) is 26.0 Å². The molecule has 5 nitrogen and oxygen atoms in total. The van der Waals surface area contributed by atoms with Crippen LogP contribution in [0.15, 0.2) is 47.4 Å². The number of rotatable bonds is 9. The van der Waals surface area contributed by atoms with Crippen LogP contribution in [-0.4, -0.2) is 40.0 Å². The predicted molar refractivity (Wildman–Crippen MR) is 103 cm³/mol. The zero-order chi connectivity index (χ0) is 20.0. The topological polar surface area (TPSA) is 75.4 Å². The lowest BCUT2D eigenvalue weighted by Crippen LogP contribution is -2.27. The van der Waals surface area contributed by atoms with Crippen molar-refractivity contribution in [3.8, 4) is 0 Å². The van der Waals surface area contributed by atoms with E-state index >= 15 is 0 Å². The molecule has 0 bridgehead atoms. The van der Waals surface area contributed by atoms with E-state index < -0.39 is 26.6 Å². The van der Waals surface area contributed by atoms with Crippen molar-refractivity contribution in [1.29, 1.82) is 0 Å². The van der Waals surface area contributed by atoms with Crippen molar-refractivity contribution in [3.05, 3.63) is 59.7 Å². The first kappa shape index (κ1) is 21.3. The molecule has 0 amide bonds. The highest BCUT2D eigenvalue weighted by Crippen LogP contribution is 2.25. The van der Waals surface area contributed by atoms with Gasteiger partial charge in [-0.15, -0.1) is 0 Å². The minimum atomic E-state index is -4.18. The number of nitrogens with two attached hydrogens (primary N) is 1. The lowest BCUT2D eigenvalue weighted by atomic mass is 10.0. The van der Waals surface area contributed by atoms with Gasteiger partial charge in [-0.1, -0.05) is 30.3 Å². The third-order valence-corrected chi connectivity index (χ3v) is 5.13. The monoisotopic (exact) mass is 397 g/mol. The minimum absolute atomic E-state index is 0.183. The van der Waals surface area contributed by atoms with Crippen molar-refractivity contribution >= 4 is 15.7 Å². The molecule has 0 aromatic heterocycles. The van der Waals surface area contributed by atoms with E-state index in [9.17, 15) is 17.2 Å². The summed E-state index contributed by atoms with van der Waals surface area (Å²) < 4.78 is 51.3. The largest absolute Gasteiger partial charge is 0.378 e. The maximum atomic E-state index is 14.3. The lowest BCUT2D eigenvalue weighted by Gasteiger charge is -2.23. The second kappa shape index (κ2) is 9.25. The van der Waals surface area contributed by atoms with E-state index in [2.05, 4.69) is 5.32 Å². The molecule has 148 valence electrons. The lowest BCUT2D eigenvalue weighted by molar-refractivity contribution is 0.380. The van der Waals surface area contributed by atoms with E-state index in [-0.39, 0.29) is 11.7 Å². The van der Waals surface area contributed by atoms with Crippen LogP contribution < -0.4 is 10.5 Å². The van der Waals surface area contributed by atoms with Crippen LogP contribution in [0.4, 0.5) is 14.5 Å². The van der Waals surface area contributed by atoms with Crippen LogP contribution in [0.1, 0.15) is 18.4 Å². The molecule has 1 atom stereocenters. The van der Waals surface area contributed by atoms with Crippen LogP contribution in [0.5, 0.6) is 0 Å². The highest BCUT2D eigenvalue weighted by Gasteiger charge is 2.19. The highest BCUT2D eigenvalue weighted by atomic mass is 32.2. The molecule has 0 saturated heterocycles. The number of halogens is 2.